The van der Waals surface area contributed by atoms with Crippen LogP contribution in [0, 0.1) is 5.41 Å². The molecule has 18 heavy (non-hydrogen) atoms. The van der Waals surface area contributed by atoms with Gasteiger partial charge in [0.1, 0.15) is 5.75 Å². The molecule has 0 bridgehead atoms. The van der Waals surface area contributed by atoms with E-state index in [-0.39, 0.29) is 22.1 Å². The van der Waals surface area contributed by atoms with Crippen LogP contribution >= 0.6 is 11.6 Å². The van der Waals surface area contributed by atoms with Gasteiger partial charge >= 0.3 is 6.61 Å². The van der Waals surface area contributed by atoms with Crippen LogP contribution in [0.5, 0.6) is 5.75 Å². The van der Waals surface area contributed by atoms with Gasteiger partial charge in [-0.15, -0.1) is 0 Å². The summed E-state index contributed by atoms with van der Waals surface area (Å²) in [5, 5.41) is 2.74. The standard InChI is InChI=1S/C12H12ClF2NO2/c1-12(4-5-12)10(17)16-7-2-3-9(8(13)6-7)18-11(14)15/h2-3,6,11H,4-5H2,1H3,(H,16,17). The first-order chi connectivity index (χ1) is 8.40. The van der Waals surface area contributed by atoms with Crippen molar-refractivity contribution >= 4 is 23.2 Å². The Hall–Kier alpha value is -1.36. The van der Waals surface area contributed by atoms with Gasteiger partial charge in [0.25, 0.3) is 0 Å². The fraction of sp³-hybridized carbons (Fsp3) is 0.417. The minimum absolute atomic E-state index is 0.0362. The molecular weight excluding hydrogens is 264 g/mol. The summed E-state index contributed by atoms with van der Waals surface area (Å²) in [6.07, 6.45) is 1.72. The number of amides is 1. The summed E-state index contributed by atoms with van der Waals surface area (Å²) in [5.74, 6) is -0.191. The smallest absolute Gasteiger partial charge is 0.387 e. The second-order valence-electron chi connectivity index (χ2n) is 4.54. The molecule has 98 valence electrons. The highest BCUT2D eigenvalue weighted by molar-refractivity contribution is 6.32. The SMILES string of the molecule is CC1(C(=O)Nc2ccc(OC(F)F)c(Cl)c2)CC1. The van der Waals surface area contributed by atoms with Gasteiger partial charge in [0.15, 0.2) is 0 Å². The van der Waals surface area contributed by atoms with Crippen LogP contribution in [0.2, 0.25) is 5.02 Å². The Morgan fingerprint density at radius 3 is 2.67 bits per heavy atom. The second kappa shape index (κ2) is 4.72. The van der Waals surface area contributed by atoms with E-state index < -0.39 is 6.61 Å². The topological polar surface area (TPSA) is 38.3 Å². The number of alkyl halides is 2. The third-order valence-corrected chi connectivity index (χ3v) is 3.25. The van der Waals surface area contributed by atoms with Gasteiger partial charge in [-0.3, -0.25) is 4.79 Å². The van der Waals surface area contributed by atoms with Crippen LogP contribution in [0.25, 0.3) is 0 Å². The van der Waals surface area contributed by atoms with Crippen LogP contribution in [0.4, 0.5) is 14.5 Å². The van der Waals surface area contributed by atoms with Crippen LogP contribution < -0.4 is 10.1 Å². The molecule has 0 aromatic heterocycles. The van der Waals surface area contributed by atoms with Crippen LogP contribution in [-0.2, 0) is 4.79 Å². The maximum Gasteiger partial charge on any atom is 0.387 e. The molecule has 0 saturated heterocycles. The third kappa shape index (κ3) is 2.90. The number of rotatable bonds is 4. The van der Waals surface area contributed by atoms with Crippen LogP contribution in [-0.4, -0.2) is 12.5 Å². The normalized spacial score (nSPS) is 16.5. The van der Waals surface area contributed by atoms with Crippen molar-refractivity contribution < 1.29 is 18.3 Å². The molecule has 0 heterocycles. The average Bonchev–Trinajstić information content (AvgIpc) is 3.01. The van der Waals surface area contributed by atoms with Crippen LogP contribution in [0.3, 0.4) is 0 Å². The van der Waals surface area contributed by atoms with E-state index in [4.69, 9.17) is 11.6 Å². The minimum atomic E-state index is -2.92. The summed E-state index contributed by atoms with van der Waals surface area (Å²) < 4.78 is 28.3. The van der Waals surface area contributed by atoms with Crippen LogP contribution in [0.15, 0.2) is 18.2 Å². The summed E-state index contributed by atoms with van der Waals surface area (Å²) >= 11 is 5.78. The number of hydrogen-bond acceptors (Lipinski definition) is 2. The molecular formula is C12H12ClF2NO2. The molecule has 0 spiro atoms. The largest absolute Gasteiger partial charge is 0.433 e. The Labute approximate surface area is 108 Å². The van der Waals surface area contributed by atoms with Gasteiger partial charge in [-0.05, 0) is 31.0 Å². The molecule has 1 saturated carbocycles. The van der Waals surface area contributed by atoms with Crippen molar-refractivity contribution in [2.24, 2.45) is 5.41 Å². The highest BCUT2D eigenvalue weighted by Crippen LogP contribution is 2.45. The molecule has 1 aliphatic carbocycles. The molecule has 2 rings (SSSR count). The zero-order valence-electron chi connectivity index (χ0n) is 9.67. The Bertz CT molecular complexity index is 475. The molecule has 0 unspecified atom stereocenters. The van der Waals surface area contributed by atoms with Crippen LogP contribution in [0.1, 0.15) is 19.8 Å². The molecule has 1 fully saturated rings. The molecule has 1 aliphatic rings. The second-order valence-corrected chi connectivity index (χ2v) is 4.95. The van der Waals surface area contributed by atoms with E-state index in [1.165, 1.54) is 18.2 Å². The third-order valence-electron chi connectivity index (χ3n) is 2.95. The molecule has 1 aromatic rings. The maximum absolute atomic E-state index is 12.0. The van der Waals surface area contributed by atoms with Gasteiger partial charge in [0, 0.05) is 11.1 Å². The Balaban J connectivity index is 2.06. The van der Waals surface area contributed by atoms with Crippen molar-refractivity contribution in [2.75, 3.05) is 5.32 Å². The number of ether oxygens (including phenoxy) is 1. The Kier molecular flexibility index (Phi) is 3.43. The van der Waals surface area contributed by atoms with E-state index in [9.17, 15) is 13.6 Å². The van der Waals surface area contributed by atoms with E-state index in [0.29, 0.717) is 5.69 Å². The highest BCUT2D eigenvalue weighted by Gasteiger charge is 2.44. The molecule has 1 aromatic carbocycles. The molecule has 0 radical (unpaired) electrons. The number of anilines is 1. The first kappa shape index (κ1) is 13.1. The number of carbonyl (C=O) groups is 1. The van der Waals surface area contributed by atoms with Crippen molar-refractivity contribution in [1.82, 2.24) is 0 Å². The molecule has 0 aliphatic heterocycles. The number of hydrogen-bond donors (Lipinski definition) is 1. The summed E-state index contributed by atoms with van der Waals surface area (Å²) in [4.78, 5) is 11.8. The lowest BCUT2D eigenvalue weighted by atomic mass is 10.1. The van der Waals surface area contributed by atoms with Gasteiger partial charge in [-0.2, -0.15) is 8.78 Å². The summed E-state index contributed by atoms with van der Waals surface area (Å²) in [5.41, 5.74) is 0.171. The van der Waals surface area contributed by atoms with E-state index in [1.54, 1.807) is 0 Å². The summed E-state index contributed by atoms with van der Waals surface area (Å²) in [7, 11) is 0. The van der Waals surface area contributed by atoms with Gasteiger partial charge in [-0.1, -0.05) is 18.5 Å². The number of benzene rings is 1. The van der Waals surface area contributed by atoms with E-state index >= 15 is 0 Å². The Morgan fingerprint density at radius 2 is 2.17 bits per heavy atom. The van der Waals surface area contributed by atoms with Crippen molar-refractivity contribution in [1.29, 1.82) is 0 Å². The van der Waals surface area contributed by atoms with Crippen molar-refractivity contribution in [3.05, 3.63) is 23.2 Å². The van der Waals surface area contributed by atoms with E-state index in [2.05, 4.69) is 10.1 Å². The molecule has 1 amide bonds. The highest BCUT2D eigenvalue weighted by atomic mass is 35.5. The van der Waals surface area contributed by atoms with Crippen molar-refractivity contribution in [2.45, 2.75) is 26.4 Å². The van der Waals surface area contributed by atoms with E-state index in [1.807, 2.05) is 6.92 Å². The van der Waals surface area contributed by atoms with E-state index in [0.717, 1.165) is 12.8 Å². The molecule has 3 nitrogen and oxygen atoms in total. The maximum atomic E-state index is 12.0. The first-order valence-electron chi connectivity index (χ1n) is 5.46. The zero-order chi connectivity index (χ0) is 13.3. The van der Waals surface area contributed by atoms with Gasteiger partial charge in [0.2, 0.25) is 5.91 Å². The lowest BCUT2D eigenvalue weighted by Gasteiger charge is -2.12. The fourth-order valence-electron chi connectivity index (χ4n) is 1.47. The Morgan fingerprint density at radius 1 is 1.50 bits per heavy atom. The number of nitrogens with one attached hydrogen (secondary N) is 1. The molecule has 6 heteroatoms. The predicted octanol–water partition coefficient (Wildman–Crippen LogP) is 3.68. The lowest BCUT2D eigenvalue weighted by Crippen LogP contribution is -2.21. The average molecular weight is 276 g/mol. The zero-order valence-corrected chi connectivity index (χ0v) is 10.4. The lowest BCUT2D eigenvalue weighted by molar-refractivity contribution is -0.120. The first-order valence-corrected chi connectivity index (χ1v) is 5.84. The fourth-order valence-corrected chi connectivity index (χ4v) is 1.69. The van der Waals surface area contributed by atoms with Crippen molar-refractivity contribution in [3.8, 4) is 5.75 Å². The number of halogens is 3. The molecule has 0 atom stereocenters. The quantitative estimate of drug-likeness (QED) is 0.910. The monoisotopic (exact) mass is 275 g/mol. The van der Waals surface area contributed by atoms with Gasteiger partial charge in [0.05, 0.1) is 5.02 Å². The summed E-state index contributed by atoms with van der Waals surface area (Å²) in [6.45, 7) is -1.05. The van der Waals surface area contributed by atoms with Crippen molar-refractivity contribution in [3.63, 3.8) is 0 Å². The minimum Gasteiger partial charge on any atom is -0.433 e. The summed E-state index contributed by atoms with van der Waals surface area (Å²) in [6, 6.07) is 4.18. The molecule has 1 N–H and O–H groups in total. The van der Waals surface area contributed by atoms with Gasteiger partial charge < -0.3 is 10.1 Å². The van der Waals surface area contributed by atoms with Gasteiger partial charge in [-0.25, -0.2) is 0 Å². The number of carbonyl (C=O) groups excluding carboxylic acids is 1. The predicted molar refractivity (Wildman–Crippen MR) is 64.1 cm³/mol.